The molecule has 0 bridgehead atoms. The third-order valence-corrected chi connectivity index (χ3v) is 6.09. The molecule has 0 spiro atoms. The molecular weight excluding hydrogens is 435 g/mol. The van der Waals surface area contributed by atoms with Crippen molar-refractivity contribution in [2.24, 2.45) is 5.41 Å². The van der Waals surface area contributed by atoms with E-state index in [4.69, 9.17) is 32.7 Å². The Kier molecular flexibility index (Phi) is 8.44. The molecule has 2 aromatic rings. The van der Waals surface area contributed by atoms with Crippen molar-refractivity contribution in [3.05, 3.63) is 52.8 Å². The largest absolute Gasteiger partial charge is 0.494 e. The van der Waals surface area contributed by atoms with Gasteiger partial charge >= 0.3 is 0 Å². The normalized spacial score (nSPS) is 19.0. The molecule has 1 fully saturated rings. The molecule has 0 saturated heterocycles. The highest BCUT2D eigenvalue weighted by atomic mass is 35.5. The van der Waals surface area contributed by atoms with Gasteiger partial charge in [0.1, 0.15) is 11.5 Å². The SMILES string of the molecule is CC(C)(CCCOc1ccc(Cl)cc1)C(=O)N[C@H]1CC[C@H](Oc2cncc(Cl)c2)CC1. The summed E-state index contributed by atoms with van der Waals surface area (Å²) in [6, 6.07) is 9.28. The Morgan fingerprint density at radius 2 is 1.77 bits per heavy atom. The van der Waals surface area contributed by atoms with Gasteiger partial charge in [-0.15, -0.1) is 0 Å². The first kappa shape index (κ1) is 23.7. The first-order chi connectivity index (χ1) is 14.8. The summed E-state index contributed by atoms with van der Waals surface area (Å²) in [4.78, 5) is 16.9. The third kappa shape index (κ3) is 7.58. The van der Waals surface area contributed by atoms with E-state index < -0.39 is 5.41 Å². The van der Waals surface area contributed by atoms with Crippen molar-refractivity contribution in [1.29, 1.82) is 0 Å². The van der Waals surface area contributed by atoms with Crippen LogP contribution in [0.2, 0.25) is 10.0 Å². The molecule has 7 heteroatoms. The molecule has 5 nitrogen and oxygen atoms in total. The van der Waals surface area contributed by atoms with Crippen LogP contribution in [0, 0.1) is 5.41 Å². The summed E-state index contributed by atoms with van der Waals surface area (Å²) in [6.07, 6.45) is 8.56. The van der Waals surface area contributed by atoms with Crippen molar-refractivity contribution in [3.63, 3.8) is 0 Å². The second-order valence-electron chi connectivity index (χ2n) is 8.69. The number of hydrogen-bond acceptors (Lipinski definition) is 4. The van der Waals surface area contributed by atoms with Crippen LogP contribution in [0.1, 0.15) is 52.4 Å². The van der Waals surface area contributed by atoms with Crippen LogP contribution in [0.15, 0.2) is 42.7 Å². The minimum atomic E-state index is -0.441. The van der Waals surface area contributed by atoms with E-state index in [1.165, 1.54) is 0 Å². The number of rotatable bonds is 9. The second kappa shape index (κ2) is 11.1. The highest BCUT2D eigenvalue weighted by Crippen LogP contribution is 2.27. The zero-order valence-corrected chi connectivity index (χ0v) is 19.6. The Bertz CT molecular complexity index is 850. The smallest absolute Gasteiger partial charge is 0.225 e. The molecule has 1 N–H and O–H groups in total. The van der Waals surface area contributed by atoms with Crippen LogP contribution in [-0.4, -0.2) is 29.6 Å². The Morgan fingerprint density at radius 1 is 1.06 bits per heavy atom. The summed E-state index contributed by atoms with van der Waals surface area (Å²) >= 11 is 11.8. The summed E-state index contributed by atoms with van der Waals surface area (Å²) in [7, 11) is 0. The van der Waals surface area contributed by atoms with Gasteiger partial charge in [0, 0.05) is 28.7 Å². The van der Waals surface area contributed by atoms with Crippen LogP contribution in [0.3, 0.4) is 0 Å². The van der Waals surface area contributed by atoms with Gasteiger partial charge in [0.25, 0.3) is 0 Å². The summed E-state index contributed by atoms with van der Waals surface area (Å²) < 4.78 is 11.7. The molecule has 168 valence electrons. The van der Waals surface area contributed by atoms with Crippen molar-refractivity contribution >= 4 is 29.1 Å². The third-order valence-electron chi connectivity index (χ3n) is 5.64. The maximum Gasteiger partial charge on any atom is 0.225 e. The highest BCUT2D eigenvalue weighted by Gasteiger charge is 2.31. The topological polar surface area (TPSA) is 60.5 Å². The van der Waals surface area contributed by atoms with Crippen molar-refractivity contribution < 1.29 is 14.3 Å². The fourth-order valence-corrected chi connectivity index (χ4v) is 3.99. The maximum absolute atomic E-state index is 12.8. The van der Waals surface area contributed by atoms with E-state index in [0.717, 1.165) is 44.3 Å². The van der Waals surface area contributed by atoms with E-state index in [9.17, 15) is 4.79 Å². The van der Waals surface area contributed by atoms with Gasteiger partial charge in [-0.2, -0.15) is 0 Å². The number of carbonyl (C=O) groups is 1. The van der Waals surface area contributed by atoms with Crippen molar-refractivity contribution in [3.8, 4) is 11.5 Å². The van der Waals surface area contributed by atoms with Gasteiger partial charge in [0.2, 0.25) is 5.91 Å². The average molecular weight is 465 g/mol. The van der Waals surface area contributed by atoms with Gasteiger partial charge in [-0.05, 0) is 62.8 Å². The van der Waals surface area contributed by atoms with Gasteiger partial charge in [0.05, 0.1) is 23.9 Å². The van der Waals surface area contributed by atoms with Crippen LogP contribution >= 0.6 is 23.2 Å². The Hall–Kier alpha value is -1.98. The zero-order valence-electron chi connectivity index (χ0n) is 18.1. The van der Waals surface area contributed by atoms with E-state index >= 15 is 0 Å². The number of nitrogens with zero attached hydrogens (tertiary/aromatic N) is 1. The van der Waals surface area contributed by atoms with Gasteiger partial charge in [0.15, 0.2) is 0 Å². The molecule has 1 aromatic heterocycles. The molecule has 31 heavy (non-hydrogen) atoms. The van der Waals surface area contributed by atoms with Crippen molar-refractivity contribution in [2.75, 3.05) is 6.61 Å². The van der Waals surface area contributed by atoms with Gasteiger partial charge in [-0.25, -0.2) is 0 Å². The Labute approximate surface area is 194 Å². The molecule has 1 aliphatic carbocycles. The minimum absolute atomic E-state index is 0.0994. The lowest BCUT2D eigenvalue weighted by Crippen LogP contribution is -2.45. The molecule has 1 saturated carbocycles. The van der Waals surface area contributed by atoms with Crippen LogP contribution in [-0.2, 0) is 4.79 Å². The standard InChI is InChI=1S/C24H30Cl2N2O3/c1-24(2,12-3-13-30-20-8-4-17(25)5-9-20)23(29)28-19-6-10-21(11-7-19)31-22-14-18(26)15-27-16-22/h4-5,8-9,14-16,19,21H,3,6-7,10-13H2,1-2H3,(H,28,29)/t19-,21-. The Morgan fingerprint density at radius 3 is 2.45 bits per heavy atom. The summed E-state index contributed by atoms with van der Waals surface area (Å²) in [5.41, 5.74) is -0.441. The van der Waals surface area contributed by atoms with E-state index in [-0.39, 0.29) is 18.1 Å². The number of halogens is 2. The average Bonchev–Trinajstić information content (AvgIpc) is 2.74. The molecule has 1 heterocycles. The summed E-state index contributed by atoms with van der Waals surface area (Å²) in [5.74, 6) is 1.59. The van der Waals surface area contributed by atoms with Crippen LogP contribution in [0.25, 0.3) is 0 Å². The molecule has 1 aliphatic rings. The molecule has 1 amide bonds. The molecule has 0 unspecified atom stereocenters. The molecule has 0 radical (unpaired) electrons. The predicted octanol–water partition coefficient (Wildman–Crippen LogP) is 6.08. The molecule has 0 aliphatic heterocycles. The number of pyridine rings is 1. The summed E-state index contributed by atoms with van der Waals surface area (Å²) in [5, 5.41) is 4.49. The number of hydrogen-bond donors (Lipinski definition) is 1. The Balaban J connectivity index is 1.36. The fraction of sp³-hybridized carbons (Fsp3) is 0.500. The van der Waals surface area contributed by atoms with Gasteiger partial charge in [-0.1, -0.05) is 37.0 Å². The minimum Gasteiger partial charge on any atom is -0.494 e. The zero-order chi connectivity index (χ0) is 22.3. The first-order valence-electron chi connectivity index (χ1n) is 10.8. The number of aromatic nitrogens is 1. The fourth-order valence-electron chi connectivity index (χ4n) is 3.70. The molecule has 0 atom stereocenters. The van der Waals surface area contributed by atoms with Crippen LogP contribution in [0.5, 0.6) is 11.5 Å². The molecule has 3 rings (SSSR count). The first-order valence-corrected chi connectivity index (χ1v) is 11.5. The second-order valence-corrected chi connectivity index (χ2v) is 9.57. The van der Waals surface area contributed by atoms with E-state index in [0.29, 0.717) is 22.4 Å². The number of carbonyl (C=O) groups excluding carboxylic acids is 1. The van der Waals surface area contributed by atoms with E-state index in [1.807, 2.05) is 26.0 Å². The highest BCUT2D eigenvalue weighted by molar-refractivity contribution is 6.30. The number of amides is 1. The van der Waals surface area contributed by atoms with Crippen LogP contribution < -0.4 is 14.8 Å². The lowest BCUT2D eigenvalue weighted by molar-refractivity contribution is -0.130. The van der Waals surface area contributed by atoms with Crippen molar-refractivity contribution in [1.82, 2.24) is 10.3 Å². The van der Waals surface area contributed by atoms with E-state index in [2.05, 4.69) is 10.3 Å². The summed E-state index contributed by atoms with van der Waals surface area (Å²) in [6.45, 7) is 4.55. The van der Waals surface area contributed by atoms with Gasteiger partial charge in [-0.3, -0.25) is 9.78 Å². The van der Waals surface area contributed by atoms with Crippen molar-refractivity contribution in [2.45, 2.75) is 64.5 Å². The predicted molar refractivity (Wildman–Crippen MR) is 124 cm³/mol. The molecule has 1 aromatic carbocycles. The number of benzene rings is 1. The monoisotopic (exact) mass is 464 g/mol. The lowest BCUT2D eigenvalue weighted by Gasteiger charge is -2.32. The van der Waals surface area contributed by atoms with Crippen LogP contribution in [0.4, 0.5) is 0 Å². The lowest BCUT2D eigenvalue weighted by atomic mass is 9.85. The quantitative estimate of drug-likeness (QED) is 0.456. The maximum atomic E-state index is 12.8. The molecular formula is C24H30Cl2N2O3. The van der Waals surface area contributed by atoms with Gasteiger partial charge < -0.3 is 14.8 Å². The number of ether oxygens (including phenoxy) is 2. The number of nitrogens with one attached hydrogen (secondary N) is 1. The van der Waals surface area contributed by atoms with E-state index in [1.54, 1.807) is 30.6 Å².